The van der Waals surface area contributed by atoms with Crippen LogP contribution in [0.3, 0.4) is 0 Å². The first kappa shape index (κ1) is 20.7. The van der Waals surface area contributed by atoms with Crippen LogP contribution in [0.2, 0.25) is 0 Å². The number of anilines is 2. The van der Waals surface area contributed by atoms with Gasteiger partial charge in [-0.2, -0.15) is 0 Å². The van der Waals surface area contributed by atoms with Gasteiger partial charge in [-0.05, 0) is 43.7 Å². The molecule has 0 spiro atoms. The van der Waals surface area contributed by atoms with Gasteiger partial charge in [0.25, 0.3) is 15.9 Å². The number of ether oxygens (including phenoxy) is 2. The van der Waals surface area contributed by atoms with Crippen molar-refractivity contribution in [3.8, 4) is 5.75 Å². The van der Waals surface area contributed by atoms with Crippen molar-refractivity contribution in [2.24, 2.45) is 0 Å². The molecule has 31 heavy (non-hydrogen) atoms. The van der Waals surface area contributed by atoms with E-state index in [0.717, 1.165) is 5.56 Å². The molecule has 8 nitrogen and oxygen atoms in total. The molecule has 4 rings (SSSR count). The molecule has 0 radical (unpaired) electrons. The first-order valence-corrected chi connectivity index (χ1v) is 10.9. The molecule has 1 atom stereocenters. The lowest BCUT2D eigenvalue weighted by Gasteiger charge is -2.16. The average Bonchev–Trinajstić information content (AvgIpc) is 3.07. The van der Waals surface area contributed by atoms with Crippen LogP contribution in [0.4, 0.5) is 11.4 Å². The normalized spacial score (nSPS) is 13.6. The third-order valence-corrected chi connectivity index (χ3v) is 6.50. The summed E-state index contributed by atoms with van der Waals surface area (Å²) in [5, 5.41) is 3.76. The largest absolute Gasteiger partial charge is 0.479 e. The molecule has 0 aliphatic carbocycles. The highest BCUT2D eigenvalue weighted by Gasteiger charge is 2.26. The Bertz CT molecular complexity index is 1330. The molecule has 0 fully saturated rings. The zero-order valence-electron chi connectivity index (χ0n) is 17.1. The zero-order chi connectivity index (χ0) is 22.3. The van der Waals surface area contributed by atoms with Crippen LogP contribution in [0, 0.1) is 6.92 Å². The highest BCUT2D eigenvalue weighted by atomic mass is 32.2. The van der Waals surface area contributed by atoms with Crippen LogP contribution in [0.15, 0.2) is 53.4 Å². The Balaban J connectivity index is 1.69. The summed E-state index contributed by atoms with van der Waals surface area (Å²) in [4.78, 5) is 23.8. The van der Waals surface area contributed by atoms with Crippen LogP contribution in [0.25, 0.3) is 10.8 Å². The number of hydrogen-bond acceptors (Lipinski definition) is 6. The molecular formula is C22H20N2O6S. The molecule has 0 aromatic heterocycles. The molecule has 2 N–H and O–H groups in total. The molecule has 0 saturated heterocycles. The fourth-order valence-corrected chi connectivity index (χ4v) is 4.76. The summed E-state index contributed by atoms with van der Waals surface area (Å²) in [7, 11) is -2.71. The topological polar surface area (TPSA) is 111 Å². The molecule has 0 bridgehead atoms. The highest BCUT2D eigenvalue weighted by Crippen LogP contribution is 2.37. The maximum Gasteiger partial charge on any atom is 0.346 e. The number of amides is 1. The molecule has 3 aromatic rings. The van der Waals surface area contributed by atoms with Crippen molar-refractivity contribution in [1.29, 1.82) is 0 Å². The van der Waals surface area contributed by atoms with Gasteiger partial charge in [-0.1, -0.05) is 18.2 Å². The smallest absolute Gasteiger partial charge is 0.346 e. The minimum atomic E-state index is -3.98. The lowest BCUT2D eigenvalue weighted by atomic mass is 10.1. The van der Waals surface area contributed by atoms with E-state index in [9.17, 15) is 18.0 Å². The Hall–Kier alpha value is -3.59. The van der Waals surface area contributed by atoms with Crippen molar-refractivity contribution >= 4 is 44.0 Å². The minimum absolute atomic E-state index is 0.0515. The number of aryl methyl sites for hydroxylation is 1. The van der Waals surface area contributed by atoms with Crippen LogP contribution in [-0.2, 0) is 19.6 Å². The molecule has 1 heterocycles. The van der Waals surface area contributed by atoms with E-state index >= 15 is 0 Å². The highest BCUT2D eigenvalue weighted by molar-refractivity contribution is 7.93. The standard InChI is InChI=1S/C22H20N2O6S/c1-12-7-8-14(11-18(12)30-13(2)22(26)29-3)24-31(27,28)19-10-9-17-20-15(19)5-4-6-16(20)21(25)23-17/h4-11,13,24H,1-3H3,(H,23,25). The number of hydrogen-bond donors (Lipinski definition) is 2. The predicted molar refractivity (Wildman–Crippen MR) is 116 cm³/mol. The molecule has 3 aromatic carbocycles. The summed E-state index contributed by atoms with van der Waals surface area (Å²) >= 11 is 0. The Labute approximate surface area is 179 Å². The predicted octanol–water partition coefficient (Wildman–Crippen LogP) is 3.46. The number of sulfonamides is 1. The molecular weight excluding hydrogens is 420 g/mol. The van der Waals surface area contributed by atoms with E-state index in [2.05, 4.69) is 14.8 Å². The van der Waals surface area contributed by atoms with Gasteiger partial charge in [-0.15, -0.1) is 0 Å². The van der Waals surface area contributed by atoms with E-state index in [4.69, 9.17) is 4.74 Å². The van der Waals surface area contributed by atoms with E-state index in [-0.39, 0.29) is 16.5 Å². The fourth-order valence-electron chi connectivity index (χ4n) is 3.50. The van der Waals surface area contributed by atoms with Crippen molar-refractivity contribution in [3.05, 3.63) is 59.7 Å². The number of methoxy groups -OCH3 is 1. The fraction of sp³-hybridized carbons (Fsp3) is 0.182. The quantitative estimate of drug-likeness (QED) is 0.568. The van der Waals surface area contributed by atoms with Crippen LogP contribution < -0.4 is 14.8 Å². The first-order valence-electron chi connectivity index (χ1n) is 9.46. The lowest BCUT2D eigenvalue weighted by molar-refractivity contribution is -0.147. The Morgan fingerprint density at radius 2 is 1.90 bits per heavy atom. The number of esters is 1. The second kappa shape index (κ2) is 7.59. The summed E-state index contributed by atoms with van der Waals surface area (Å²) < 4.78 is 39.2. The van der Waals surface area contributed by atoms with Crippen molar-refractivity contribution < 1.29 is 27.5 Å². The van der Waals surface area contributed by atoms with E-state index in [1.54, 1.807) is 50.2 Å². The van der Waals surface area contributed by atoms with Gasteiger partial charge in [0.1, 0.15) is 5.75 Å². The average molecular weight is 440 g/mol. The Morgan fingerprint density at radius 3 is 2.65 bits per heavy atom. The van der Waals surface area contributed by atoms with Crippen molar-refractivity contribution in [2.45, 2.75) is 24.8 Å². The second-order valence-corrected chi connectivity index (χ2v) is 8.81. The van der Waals surface area contributed by atoms with Crippen LogP contribution in [-0.4, -0.2) is 33.5 Å². The number of rotatable bonds is 6. The number of nitrogens with one attached hydrogen (secondary N) is 2. The van der Waals surface area contributed by atoms with Gasteiger partial charge < -0.3 is 14.8 Å². The Kier molecular flexibility index (Phi) is 5.06. The van der Waals surface area contributed by atoms with Gasteiger partial charge in [0.15, 0.2) is 6.10 Å². The monoisotopic (exact) mass is 440 g/mol. The van der Waals surface area contributed by atoms with Gasteiger partial charge in [0.2, 0.25) is 0 Å². The van der Waals surface area contributed by atoms with E-state index in [1.807, 2.05) is 0 Å². The zero-order valence-corrected chi connectivity index (χ0v) is 17.9. The maximum absolute atomic E-state index is 13.2. The van der Waals surface area contributed by atoms with Crippen molar-refractivity contribution in [3.63, 3.8) is 0 Å². The van der Waals surface area contributed by atoms with Crippen molar-refractivity contribution in [1.82, 2.24) is 0 Å². The van der Waals surface area contributed by atoms with Gasteiger partial charge in [0.05, 0.1) is 17.7 Å². The molecule has 1 amide bonds. The number of carbonyl (C=O) groups excluding carboxylic acids is 2. The summed E-state index contributed by atoms with van der Waals surface area (Å²) in [5.41, 5.74) is 2.02. The number of benzene rings is 3. The molecule has 1 unspecified atom stereocenters. The molecule has 0 saturated carbocycles. The SMILES string of the molecule is COC(=O)C(C)Oc1cc(NS(=O)(=O)c2ccc3c4c(cccc24)C(=O)N3)ccc1C. The summed E-state index contributed by atoms with van der Waals surface area (Å²) in [6, 6.07) is 12.8. The van der Waals surface area contributed by atoms with Crippen LogP contribution >= 0.6 is 0 Å². The van der Waals surface area contributed by atoms with Crippen molar-refractivity contribution in [2.75, 3.05) is 17.1 Å². The summed E-state index contributed by atoms with van der Waals surface area (Å²) in [6.45, 7) is 3.33. The summed E-state index contributed by atoms with van der Waals surface area (Å²) in [6.07, 6.45) is -0.850. The van der Waals surface area contributed by atoms with Crippen LogP contribution in [0.1, 0.15) is 22.8 Å². The minimum Gasteiger partial charge on any atom is -0.479 e. The first-order chi connectivity index (χ1) is 14.7. The third kappa shape index (κ3) is 3.68. The number of carbonyl (C=O) groups is 2. The van der Waals surface area contributed by atoms with Gasteiger partial charge in [-0.3, -0.25) is 9.52 Å². The molecule has 160 valence electrons. The third-order valence-electron chi connectivity index (χ3n) is 5.06. The molecule has 9 heteroatoms. The lowest BCUT2D eigenvalue weighted by Crippen LogP contribution is -2.25. The molecule has 1 aliphatic heterocycles. The maximum atomic E-state index is 13.2. The summed E-state index contributed by atoms with van der Waals surface area (Å²) in [5.74, 6) is -0.446. The van der Waals surface area contributed by atoms with Gasteiger partial charge in [0, 0.05) is 28.1 Å². The van der Waals surface area contributed by atoms with Gasteiger partial charge in [-0.25, -0.2) is 13.2 Å². The Morgan fingerprint density at radius 1 is 1.13 bits per heavy atom. The van der Waals surface area contributed by atoms with E-state index in [1.165, 1.54) is 19.2 Å². The van der Waals surface area contributed by atoms with Crippen LogP contribution in [0.5, 0.6) is 5.75 Å². The molecule has 1 aliphatic rings. The van der Waals surface area contributed by atoms with Gasteiger partial charge >= 0.3 is 5.97 Å². The second-order valence-electron chi connectivity index (χ2n) is 7.16. The van der Waals surface area contributed by atoms with E-state index < -0.39 is 22.1 Å². The van der Waals surface area contributed by atoms with E-state index in [0.29, 0.717) is 27.8 Å².